The maximum absolute atomic E-state index is 12.7. The van der Waals surface area contributed by atoms with Gasteiger partial charge in [0.25, 0.3) is 0 Å². The van der Waals surface area contributed by atoms with Gasteiger partial charge in [-0.25, -0.2) is 4.79 Å². The van der Waals surface area contributed by atoms with Crippen LogP contribution < -0.4 is 15.7 Å². The quantitative estimate of drug-likeness (QED) is 0.179. The van der Waals surface area contributed by atoms with Crippen LogP contribution in [0.3, 0.4) is 0 Å². The third-order valence-electron chi connectivity index (χ3n) is 5.63. The molecule has 2 aromatic heterocycles. The van der Waals surface area contributed by atoms with Gasteiger partial charge in [-0.1, -0.05) is 47.5 Å². The first-order valence-corrected chi connectivity index (χ1v) is 11.9. The van der Waals surface area contributed by atoms with E-state index in [1.165, 1.54) is 19.3 Å². The number of amides is 1. The number of hydrogen-bond donors (Lipinski definition) is 1. The minimum absolute atomic E-state index is 0.372. The average molecular weight is 532 g/mol. The van der Waals surface area contributed by atoms with Crippen molar-refractivity contribution < 1.29 is 18.4 Å². The lowest BCUT2D eigenvalue weighted by Crippen LogP contribution is -2.09. The average Bonchev–Trinajstić information content (AvgIpc) is 3.36. The minimum Gasteiger partial charge on any atom is -0.495 e. The molecule has 6 nitrogen and oxygen atoms in total. The van der Waals surface area contributed by atoms with Gasteiger partial charge in [-0.15, -0.1) is 0 Å². The van der Waals surface area contributed by atoms with E-state index in [0.717, 1.165) is 5.39 Å². The lowest BCUT2D eigenvalue weighted by atomic mass is 10.0. The van der Waals surface area contributed by atoms with E-state index < -0.39 is 11.5 Å². The maximum atomic E-state index is 12.7. The van der Waals surface area contributed by atoms with Crippen molar-refractivity contribution in [3.63, 3.8) is 0 Å². The van der Waals surface area contributed by atoms with Crippen molar-refractivity contribution >= 4 is 51.8 Å². The van der Waals surface area contributed by atoms with Crippen molar-refractivity contribution in [1.82, 2.24) is 0 Å². The molecular weight excluding hydrogens is 513 g/mol. The number of carbonyl (C=O) groups is 1. The summed E-state index contributed by atoms with van der Waals surface area (Å²) in [6.07, 6.45) is 2.87. The number of nitrogens with one attached hydrogen (secondary N) is 1. The Bertz CT molecular complexity index is 1720. The van der Waals surface area contributed by atoms with Crippen molar-refractivity contribution in [2.24, 2.45) is 0 Å². The normalized spacial score (nSPS) is 11.2. The molecule has 3 aromatic carbocycles. The summed E-state index contributed by atoms with van der Waals surface area (Å²) in [5.74, 6) is 1.03. The zero-order valence-corrected chi connectivity index (χ0v) is 21.0. The number of methoxy groups -OCH3 is 1. The van der Waals surface area contributed by atoms with E-state index in [2.05, 4.69) is 5.32 Å². The second-order valence-corrected chi connectivity index (χ2v) is 8.89. The Labute approximate surface area is 221 Å². The van der Waals surface area contributed by atoms with Crippen LogP contribution in [0.25, 0.3) is 39.5 Å². The van der Waals surface area contributed by atoms with Crippen molar-refractivity contribution in [3.05, 3.63) is 111 Å². The summed E-state index contributed by atoms with van der Waals surface area (Å²) >= 11 is 12.2. The molecule has 0 radical (unpaired) electrons. The van der Waals surface area contributed by atoms with Crippen LogP contribution in [0.15, 0.2) is 98.6 Å². The molecule has 0 saturated heterocycles. The van der Waals surface area contributed by atoms with Crippen LogP contribution in [0.4, 0.5) is 5.69 Å². The standard InChI is InChI=1S/C29H19Cl2NO5/c1-35-27-11-6-17(22-14-18-4-2-3-5-25(18)37-29(22)34)15-24(27)32-28(33)13-9-20-8-12-26(36-20)21-10-7-19(30)16-23(21)31/h2-16H,1H3,(H,32,33). The number of carbonyl (C=O) groups excluding carboxylic acids is 1. The molecule has 184 valence electrons. The summed E-state index contributed by atoms with van der Waals surface area (Å²) < 4.78 is 16.6. The fourth-order valence-electron chi connectivity index (χ4n) is 3.85. The Balaban J connectivity index is 1.37. The molecule has 1 amide bonds. The molecule has 1 N–H and O–H groups in total. The smallest absolute Gasteiger partial charge is 0.344 e. The largest absolute Gasteiger partial charge is 0.495 e. The topological polar surface area (TPSA) is 81.7 Å². The highest BCUT2D eigenvalue weighted by molar-refractivity contribution is 6.36. The monoisotopic (exact) mass is 531 g/mol. The number of ether oxygens (including phenoxy) is 1. The molecule has 37 heavy (non-hydrogen) atoms. The Hall–Kier alpha value is -4.26. The molecule has 0 fully saturated rings. The van der Waals surface area contributed by atoms with E-state index in [0.29, 0.717) is 55.3 Å². The fourth-order valence-corrected chi connectivity index (χ4v) is 4.35. The van der Waals surface area contributed by atoms with Crippen molar-refractivity contribution in [1.29, 1.82) is 0 Å². The molecule has 0 atom stereocenters. The van der Waals surface area contributed by atoms with Gasteiger partial charge in [-0.05, 0) is 66.2 Å². The van der Waals surface area contributed by atoms with E-state index >= 15 is 0 Å². The highest BCUT2D eigenvalue weighted by Gasteiger charge is 2.13. The molecule has 0 saturated carbocycles. The second kappa shape index (κ2) is 10.4. The van der Waals surface area contributed by atoms with E-state index in [1.54, 1.807) is 66.7 Å². The van der Waals surface area contributed by atoms with Crippen LogP contribution >= 0.6 is 23.2 Å². The number of benzene rings is 3. The molecule has 5 rings (SSSR count). The predicted octanol–water partition coefficient (Wildman–Crippen LogP) is 7.69. The number of furan rings is 1. The van der Waals surface area contributed by atoms with Gasteiger partial charge in [0.1, 0.15) is 22.9 Å². The molecule has 5 aromatic rings. The summed E-state index contributed by atoms with van der Waals surface area (Å²) in [5, 5.41) is 4.57. The van der Waals surface area contributed by atoms with Gasteiger partial charge in [0.15, 0.2) is 0 Å². The summed E-state index contributed by atoms with van der Waals surface area (Å²) in [4.78, 5) is 25.3. The highest BCUT2D eigenvalue weighted by atomic mass is 35.5. The van der Waals surface area contributed by atoms with Gasteiger partial charge in [-0.2, -0.15) is 0 Å². The molecule has 0 unspecified atom stereocenters. The lowest BCUT2D eigenvalue weighted by Gasteiger charge is -2.11. The van der Waals surface area contributed by atoms with E-state index in [9.17, 15) is 9.59 Å². The molecule has 0 aliphatic carbocycles. The number of para-hydroxylation sites is 1. The van der Waals surface area contributed by atoms with Crippen LogP contribution in [0.1, 0.15) is 5.76 Å². The first-order chi connectivity index (χ1) is 17.9. The first-order valence-electron chi connectivity index (χ1n) is 11.2. The Morgan fingerprint density at radius 3 is 2.57 bits per heavy atom. The number of hydrogen-bond acceptors (Lipinski definition) is 5. The van der Waals surface area contributed by atoms with Gasteiger partial charge >= 0.3 is 5.63 Å². The van der Waals surface area contributed by atoms with Gasteiger partial charge in [0.05, 0.1) is 23.4 Å². The minimum atomic E-state index is -0.476. The number of anilines is 1. The SMILES string of the molecule is COc1ccc(-c2cc3ccccc3oc2=O)cc1NC(=O)C=Cc1ccc(-c2ccc(Cl)cc2Cl)o1. The first kappa shape index (κ1) is 24.4. The molecule has 8 heteroatoms. The number of halogens is 2. The fraction of sp³-hybridized carbons (Fsp3) is 0.0345. The number of fused-ring (bicyclic) bond motifs is 1. The van der Waals surface area contributed by atoms with Crippen molar-refractivity contribution in [3.8, 4) is 28.2 Å². The Kier molecular flexibility index (Phi) is 6.86. The molecule has 2 heterocycles. The van der Waals surface area contributed by atoms with Gasteiger partial charge in [0, 0.05) is 22.0 Å². The third kappa shape index (κ3) is 5.31. The van der Waals surface area contributed by atoms with Crippen molar-refractivity contribution in [2.75, 3.05) is 12.4 Å². The molecule has 0 spiro atoms. The second-order valence-electron chi connectivity index (χ2n) is 8.05. The predicted molar refractivity (Wildman–Crippen MR) is 146 cm³/mol. The van der Waals surface area contributed by atoms with Gasteiger partial charge in [-0.3, -0.25) is 4.79 Å². The summed E-state index contributed by atoms with van der Waals surface area (Å²) in [5.41, 5.74) is 2.06. The van der Waals surface area contributed by atoms with E-state index in [1.807, 2.05) is 12.1 Å². The Morgan fingerprint density at radius 1 is 0.919 bits per heavy atom. The van der Waals surface area contributed by atoms with Crippen LogP contribution in [-0.4, -0.2) is 13.0 Å². The molecule has 0 aliphatic rings. The zero-order valence-electron chi connectivity index (χ0n) is 19.5. The van der Waals surface area contributed by atoms with Crippen LogP contribution in [0.5, 0.6) is 5.75 Å². The highest BCUT2D eigenvalue weighted by Crippen LogP contribution is 2.33. The molecular formula is C29H19Cl2NO5. The van der Waals surface area contributed by atoms with E-state index in [4.69, 9.17) is 36.8 Å². The van der Waals surface area contributed by atoms with Crippen molar-refractivity contribution in [2.45, 2.75) is 0 Å². The van der Waals surface area contributed by atoms with Gasteiger partial charge < -0.3 is 18.9 Å². The lowest BCUT2D eigenvalue weighted by molar-refractivity contribution is -0.111. The van der Waals surface area contributed by atoms with Crippen LogP contribution in [0.2, 0.25) is 10.0 Å². The van der Waals surface area contributed by atoms with Gasteiger partial charge in [0.2, 0.25) is 5.91 Å². The molecule has 0 aliphatic heterocycles. The summed E-state index contributed by atoms with van der Waals surface area (Å²) in [6.45, 7) is 0. The number of rotatable bonds is 6. The third-order valence-corrected chi connectivity index (χ3v) is 6.18. The molecule has 0 bridgehead atoms. The van der Waals surface area contributed by atoms with E-state index in [-0.39, 0.29) is 0 Å². The summed E-state index contributed by atoms with van der Waals surface area (Å²) in [6, 6.07) is 22.7. The Morgan fingerprint density at radius 2 is 1.76 bits per heavy atom. The maximum Gasteiger partial charge on any atom is 0.344 e. The van der Waals surface area contributed by atoms with Crippen LogP contribution in [-0.2, 0) is 4.79 Å². The summed E-state index contributed by atoms with van der Waals surface area (Å²) in [7, 11) is 1.50. The van der Waals surface area contributed by atoms with Crippen LogP contribution in [0, 0.1) is 0 Å². The zero-order chi connectivity index (χ0) is 25.9.